The minimum atomic E-state index is -1.03. The molecule has 19 nitrogen and oxygen atoms in total. The molecule has 3 aliphatic heterocycles. The fourth-order valence-corrected chi connectivity index (χ4v) is 7.99. The first-order valence-corrected chi connectivity index (χ1v) is 22.0. The number of imide groups is 2. The smallest absolute Gasteiger partial charge is 0.264 e. The molecule has 0 spiro atoms. The lowest BCUT2D eigenvalue weighted by molar-refractivity contribution is -0.136. The number of hydrogen-bond acceptors (Lipinski definition) is 15. The van der Waals surface area contributed by atoms with Crippen LogP contribution < -0.4 is 35.8 Å². The molecule has 0 saturated carbocycles. The maximum atomic E-state index is 13.3. The summed E-state index contributed by atoms with van der Waals surface area (Å²) in [6.07, 6.45) is 2.35. The van der Waals surface area contributed by atoms with Crippen molar-refractivity contribution in [3.63, 3.8) is 0 Å². The van der Waals surface area contributed by atoms with Crippen LogP contribution in [0.5, 0.6) is 5.75 Å². The van der Waals surface area contributed by atoms with Crippen LogP contribution in [0.25, 0.3) is 0 Å². The zero-order chi connectivity index (χ0) is 46.0. The monoisotopic (exact) mass is 955 g/mol. The second-order valence-electron chi connectivity index (χ2n) is 15.2. The molecule has 1 fully saturated rings. The van der Waals surface area contributed by atoms with Crippen LogP contribution in [0.15, 0.2) is 71.3 Å². The van der Waals surface area contributed by atoms with E-state index >= 15 is 0 Å². The summed E-state index contributed by atoms with van der Waals surface area (Å²) in [6.45, 7) is 4.91. The molecule has 2 atom stereocenters. The predicted octanol–water partition coefficient (Wildman–Crippen LogP) is 4.05. The Kier molecular flexibility index (Phi) is 15.4. The summed E-state index contributed by atoms with van der Waals surface area (Å²) < 4.78 is 23.4. The zero-order valence-electron chi connectivity index (χ0n) is 36.2. The van der Waals surface area contributed by atoms with E-state index in [4.69, 9.17) is 23.9 Å². The number of anilines is 5. The molecular formula is C45H50BrN9O10. The molecule has 4 heterocycles. The minimum Gasteiger partial charge on any atom is -0.495 e. The van der Waals surface area contributed by atoms with Crippen LogP contribution in [-0.2, 0) is 35.1 Å². The Hall–Kier alpha value is -6.48. The summed E-state index contributed by atoms with van der Waals surface area (Å²) in [7, 11) is 3.24. The summed E-state index contributed by atoms with van der Waals surface area (Å²) >= 11 is 3.49. The van der Waals surface area contributed by atoms with Gasteiger partial charge in [0.2, 0.25) is 23.7 Å². The molecular weight excluding hydrogens is 906 g/mol. The van der Waals surface area contributed by atoms with Gasteiger partial charge >= 0.3 is 0 Å². The molecule has 1 saturated heterocycles. The van der Waals surface area contributed by atoms with E-state index in [9.17, 15) is 28.8 Å². The highest BCUT2D eigenvalue weighted by Crippen LogP contribution is 2.37. The Morgan fingerprint density at radius 3 is 2.32 bits per heavy atom. The Morgan fingerprint density at radius 2 is 1.62 bits per heavy atom. The fourth-order valence-electron chi connectivity index (χ4n) is 7.72. The number of amides is 6. The highest BCUT2D eigenvalue weighted by molar-refractivity contribution is 9.10. The molecule has 20 heteroatoms. The molecule has 4 N–H and O–H groups in total. The average Bonchev–Trinajstić information content (AvgIpc) is 3.56. The lowest BCUT2D eigenvalue weighted by atomic mass is 10.0. The number of aromatic nitrogens is 2. The van der Waals surface area contributed by atoms with E-state index in [0.29, 0.717) is 92.7 Å². The standard InChI is InChI=1S/C45H50BrN9O10/c1-4-33-43(60)53(2)35-25-49-45(52-39(35)54(33)26-27-8-11-29(46)12-9-27)50-31-13-10-28(24-36(31)62-3)40(57)48-17-19-64-21-23-65-22-20-63-18-16-47-32-7-5-6-30-38(32)44(61)55(42(30)59)34-14-15-37(56)51-41(34)58/h5-13,24-25,33-34,47H,4,14-23,26H2,1-3H3,(H,48,57)(H,49,50,52)(H,51,56,58)/t33-,34?/m1/s1. The molecule has 6 amide bonds. The maximum Gasteiger partial charge on any atom is 0.264 e. The molecule has 65 heavy (non-hydrogen) atoms. The van der Waals surface area contributed by atoms with Gasteiger partial charge in [-0.1, -0.05) is 41.1 Å². The van der Waals surface area contributed by atoms with Crippen molar-refractivity contribution in [3.05, 3.63) is 93.6 Å². The number of methoxy groups -OCH3 is 1. The molecule has 0 bridgehead atoms. The fraction of sp³-hybridized carbons (Fsp3) is 0.378. The van der Waals surface area contributed by atoms with Crippen molar-refractivity contribution in [2.45, 2.75) is 44.8 Å². The van der Waals surface area contributed by atoms with Crippen molar-refractivity contribution >= 4 is 80.2 Å². The van der Waals surface area contributed by atoms with Crippen LogP contribution in [0.2, 0.25) is 0 Å². The van der Waals surface area contributed by atoms with Crippen molar-refractivity contribution < 1.29 is 47.7 Å². The van der Waals surface area contributed by atoms with Crippen molar-refractivity contribution in [2.75, 3.05) is 87.3 Å². The third kappa shape index (κ3) is 10.7. The van der Waals surface area contributed by atoms with Crippen molar-refractivity contribution in [3.8, 4) is 5.75 Å². The van der Waals surface area contributed by atoms with Gasteiger partial charge in [-0.15, -0.1) is 0 Å². The van der Waals surface area contributed by atoms with E-state index in [1.54, 1.807) is 48.5 Å². The van der Waals surface area contributed by atoms with Gasteiger partial charge in [0.1, 0.15) is 23.5 Å². The van der Waals surface area contributed by atoms with E-state index in [0.717, 1.165) is 14.9 Å². The van der Waals surface area contributed by atoms with Gasteiger partial charge < -0.3 is 44.7 Å². The van der Waals surface area contributed by atoms with Crippen LogP contribution in [0.3, 0.4) is 0 Å². The normalized spacial score (nSPS) is 16.9. The lowest BCUT2D eigenvalue weighted by Crippen LogP contribution is -2.54. The number of ether oxygens (including phenoxy) is 4. The topological polar surface area (TPSA) is 223 Å². The van der Waals surface area contributed by atoms with Gasteiger partial charge in [0.25, 0.3) is 17.7 Å². The van der Waals surface area contributed by atoms with Crippen LogP contribution in [-0.4, -0.2) is 129 Å². The first kappa shape index (κ1) is 46.5. The molecule has 0 aliphatic carbocycles. The minimum absolute atomic E-state index is 0.0282. The molecule has 7 rings (SSSR count). The third-order valence-corrected chi connectivity index (χ3v) is 11.6. The molecule has 0 radical (unpaired) electrons. The summed E-state index contributed by atoms with van der Waals surface area (Å²) in [5.74, 6) is -1.24. The van der Waals surface area contributed by atoms with Gasteiger partial charge in [-0.3, -0.25) is 39.0 Å². The second-order valence-corrected chi connectivity index (χ2v) is 16.1. The van der Waals surface area contributed by atoms with Crippen molar-refractivity contribution in [1.82, 2.24) is 25.5 Å². The number of benzene rings is 3. The quantitative estimate of drug-likeness (QED) is 0.0684. The highest BCUT2D eigenvalue weighted by atomic mass is 79.9. The number of hydrogen-bond donors (Lipinski definition) is 4. The highest BCUT2D eigenvalue weighted by Gasteiger charge is 2.45. The number of halogens is 1. The molecule has 3 aromatic carbocycles. The van der Waals surface area contributed by atoms with Gasteiger partial charge in [0, 0.05) is 48.8 Å². The number of rotatable bonds is 21. The summed E-state index contributed by atoms with van der Waals surface area (Å²) in [5, 5.41) is 11.4. The summed E-state index contributed by atoms with van der Waals surface area (Å²) in [4.78, 5) is 90.4. The van der Waals surface area contributed by atoms with Crippen LogP contribution in [0.1, 0.15) is 62.8 Å². The third-order valence-electron chi connectivity index (χ3n) is 11.0. The van der Waals surface area contributed by atoms with Crippen LogP contribution >= 0.6 is 15.9 Å². The molecule has 342 valence electrons. The number of nitrogens with one attached hydrogen (secondary N) is 4. The average molecular weight is 957 g/mol. The van der Waals surface area contributed by atoms with Gasteiger partial charge in [-0.2, -0.15) is 4.98 Å². The number of carbonyl (C=O) groups excluding carboxylic acids is 6. The van der Waals surface area contributed by atoms with Crippen molar-refractivity contribution in [2.24, 2.45) is 0 Å². The number of nitrogens with zero attached hydrogens (tertiary/aromatic N) is 5. The predicted molar refractivity (Wildman–Crippen MR) is 243 cm³/mol. The van der Waals surface area contributed by atoms with E-state index in [1.807, 2.05) is 36.1 Å². The number of piperidine rings is 1. The van der Waals surface area contributed by atoms with E-state index in [-0.39, 0.29) is 48.9 Å². The molecule has 1 unspecified atom stereocenters. The summed E-state index contributed by atoms with van der Waals surface area (Å²) in [5.41, 5.74) is 3.40. The molecule has 4 aromatic rings. The zero-order valence-corrected chi connectivity index (χ0v) is 37.8. The Bertz CT molecular complexity index is 2440. The largest absolute Gasteiger partial charge is 0.495 e. The maximum absolute atomic E-state index is 13.3. The number of likely N-dealkylation sites (N-methyl/N-ethyl adjacent to an activating group) is 1. The first-order valence-electron chi connectivity index (χ1n) is 21.2. The number of fused-ring (bicyclic) bond motifs is 2. The van der Waals surface area contributed by atoms with E-state index in [1.165, 1.54) is 13.2 Å². The van der Waals surface area contributed by atoms with Crippen molar-refractivity contribution in [1.29, 1.82) is 0 Å². The van der Waals surface area contributed by atoms with Gasteiger partial charge in [-0.25, -0.2) is 4.98 Å². The molecule has 3 aliphatic rings. The van der Waals surface area contributed by atoms with Crippen LogP contribution in [0, 0.1) is 0 Å². The summed E-state index contributed by atoms with van der Waals surface area (Å²) in [6, 6.07) is 16.4. The lowest BCUT2D eigenvalue weighted by Gasteiger charge is -2.40. The Morgan fingerprint density at radius 1 is 0.892 bits per heavy atom. The SMILES string of the molecule is CC[C@@H]1C(=O)N(C)c2cnc(Nc3ccc(C(=O)NCCOCCOCCOCCNc4cccc5c4C(=O)N(C4CCC(=O)NC4=O)C5=O)cc3OC)nc2N1Cc1ccc(Br)cc1. The Labute approximate surface area is 383 Å². The first-order chi connectivity index (χ1) is 31.5. The van der Waals surface area contributed by atoms with Crippen LogP contribution in [0.4, 0.5) is 28.8 Å². The van der Waals surface area contributed by atoms with E-state index < -0.39 is 35.7 Å². The molecule has 1 aromatic heterocycles. The van der Waals surface area contributed by atoms with Gasteiger partial charge in [-0.05, 0) is 60.9 Å². The van der Waals surface area contributed by atoms with E-state index in [2.05, 4.69) is 42.2 Å². The Balaban J connectivity index is 0.793. The van der Waals surface area contributed by atoms with Gasteiger partial charge in [0.05, 0.1) is 69.8 Å². The second kappa shape index (κ2) is 21.5. The van der Waals surface area contributed by atoms with Gasteiger partial charge in [0.15, 0.2) is 5.82 Å². The number of carbonyl (C=O) groups is 6.